The molecule has 9 heteroatoms. The Morgan fingerprint density at radius 1 is 1.11 bits per heavy atom. The van der Waals surface area contributed by atoms with Crippen LogP contribution in [0.4, 0.5) is 23.2 Å². The zero-order chi connectivity index (χ0) is 20.4. The van der Waals surface area contributed by atoms with E-state index in [1.165, 1.54) is 24.3 Å². The average Bonchev–Trinajstić information content (AvgIpc) is 2.56. The average molecular weight is 424 g/mol. The summed E-state index contributed by atoms with van der Waals surface area (Å²) in [5, 5.41) is 11.7. The first-order valence-corrected chi connectivity index (χ1v) is 8.50. The van der Waals surface area contributed by atoms with Gasteiger partial charge in [-0.05, 0) is 48.7 Å². The number of benzene rings is 2. The van der Waals surface area contributed by atoms with Crippen LogP contribution in [0, 0.1) is 5.82 Å². The largest absolute Gasteiger partial charge is 0.421 e. The normalized spacial score (nSPS) is 13.9. The highest BCUT2D eigenvalue weighted by molar-refractivity contribution is 6.39. The third-order valence-corrected chi connectivity index (χ3v) is 4.57. The number of amides is 1. The van der Waals surface area contributed by atoms with E-state index in [0.717, 1.165) is 17.7 Å². The first-order valence-electron chi connectivity index (χ1n) is 7.74. The van der Waals surface area contributed by atoms with Gasteiger partial charge in [0.15, 0.2) is 5.60 Å². The third kappa shape index (κ3) is 5.12. The maximum Gasteiger partial charge on any atom is 0.421 e. The van der Waals surface area contributed by atoms with Gasteiger partial charge in [0.05, 0.1) is 15.7 Å². The molecule has 3 nitrogen and oxygen atoms in total. The van der Waals surface area contributed by atoms with Crippen LogP contribution in [0.2, 0.25) is 10.0 Å². The van der Waals surface area contributed by atoms with Gasteiger partial charge in [0.25, 0.3) is 0 Å². The standard InChI is InChI=1S/C18H15Cl2F4NO2/c1-17(27,18(22,23)24)11-8-13(19)16(14(20)9-11)25-15(26)7-4-10-2-5-12(21)6-3-10/h2-3,5-6,8-9,27H,4,7H2,1H3,(H,25,26). The quantitative estimate of drug-likeness (QED) is 0.626. The number of hydrogen-bond donors (Lipinski definition) is 2. The molecule has 0 spiro atoms. The lowest BCUT2D eigenvalue weighted by Gasteiger charge is -2.27. The zero-order valence-corrected chi connectivity index (χ0v) is 15.5. The number of aliphatic hydroxyl groups is 1. The second-order valence-corrected chi connectivity index (χ2v) is 6.87. The van der Waals surface area contributed by atoms with Crippen LogP contribution < -0.4 is 5.32 Å². The summed E-state index contributed by atoms with van der Waals surface area (Å²) in [7, 11) is 0. The molecule has 0 saturated carbocycles. The number of halogens is 6. The van der Waals surface area contributed by atoms with Gasteiger partial charge in [0, 0.05) is 6.42 Å². The lowest BCUT2D eigenvalue weighted by Crippen LogP contribution is -2.39. The first kappa shape index (κ1) is 21.5. The van der Waals surface area contributed by atoms with Gasteiger partial charge in [-0.1, -0.05) is 35.3 Å². The topological polar surface area (TPSA) is 49.3 Å². The second-order valence-electron chi connectivity index (χ2n) is 6.06. The minimum atomic E-state index is -4.93. The summed E-state index contributed by atoms with van der Waals surface area (Å²) in [5.41, 5.74) is -3.01. The van der Waals surface area contributed by atoms with E-state index in [0.29, 0.717) is 13.3 Å². The lowest BCUT2D eigenvalue weighted by molar-refractivity contribution is -0.258. The Labute approximate surface area is 162 Å². The van der Waals surface area contributed by atoms with E-state index in [1.807, 2.05) is 0 Å². The summed E-state index contributed by atoms with van der Waals surface area (Å²) in [6.07, 6.45) is -4.58. The van der Waals surface area contributed by atoms with Crippen molar-refractivity contribution < 1.29 is 27.5 Å². The Morgan fingerprint density at radius 3 is 2.11 bits per heavy atom. The molecular weight excluding hydrogens is 409 g/mol. The fourth-order valence-electron chi connectivity index (χ4n) is 2.25. The molecule has 0 saturated heterocycles. The van der Waals surface area contributed by atoms with Crippen molar-refractivity contribution in [2.24, 2.45) is 0 Å². The molecule has 0 aliphatic rings. The molecule has 1 amide bonds. The fourth-order valence-corrected chi connectivity index (χ4v) is 2.83. The van der Waals surface area contributed by atoms with Crippen LogP contribution in [0.1, 0.15) is 24.5 Å². The predicted molar refractivity (Wildman–Crippen MR) is 95.4 cm³/mol. The van der Waals surface area contributed by atoms with Crippen molar-refractivity contribution in [2.45, 2.75) is 31.5 Å². The zero-order valence-electron chi connectivity index (χ0n) is 14.0. The van der Waals surface area contributed by atoms with Crippen LogP contribution in [-0.2, 0) is 16.8 Å². The molecule has 0 aliphatic heterocycles. The minimum absolute atomic E-state index is 0.0281. The van der Waals surface area contributed by atoms with Crippen LogP contribution >= 0.6 is 23.2 Å². The fraction of sp³-hybridized carbons (Fsp3) is 0.278. The van der Waals surface area contributed by atoms with Gasteiger partial charge in [0.1, 0.15) is 5.82 Å². The van der Waals surface area contributed by atoms with Crippen molar-refractivity contribution in [3.63, 3.8) is 0 Å². The van der Waals surface area contributed by atoms with Crippen LogP contribution in [0.5, 0.6) is 0 Å². The van der Waals surface area contributed by atoms with Crippen molar-refractivity contribution in [1.82, 2.24) is 0 Å². The van der Waals surface area contributed by atoms with Crippen molar-refractivity contribution in [1.29, 1.82) is 0 Å². The van der Waals surface area contributed by atoms with Gasteiger partial charge >= 0.3 is 6.18 Å². The predicted octanol–water partition coefficient (Wildman–Crippen LogP) is 5.47. The molecule has 0 radical (unpaired) electrons. The Bertz CT molecular complexity index is 813. The van der Waals surface area contributed by atoms with E-state index in [2.05, 4.69) is 5.32 Å². The number of carbonyl (C=O) groups excluding carboxylic acids is 1. The highest BCUT2D eigenvalue weighted by Crippen LogP contribution is 2.42. The number of aryl methyl sites for hydroxylation is 1. The molecule has 2 aromatic carbocycles. The molecule has 0 aromatic heterocycles. The highest BCUT2D eigenvalue weighted by Gasteiger charge is 2.51. The molecule has 1 atom stereocenters. The van der Waals surface area contributed by atoms with Gasteiger partial charge in [-0.3, -0.25) is 4.79 Å². The molecule has 2 rings (SSSR count). The lowest BCUT2D eigenvalue weighted by atomic mass is 9.95. The Morgan fingerprint density at radius 2 is 1.63 bits per heavy atom. The summed E-state index contributed by atoms with van der Waals surface area (Å²) >= 11 is 11.9. The third-order valence-electron chi connectivity index (χ3n) is 3.97. The molecule has 146 valence electrons. The number of anilines is 1. The highest BCUT2D eigenvalue weighted by atomic mass is 35.5. The summed E-state index contributed by atoms with van der Waals surface area (Å²) in [6.45, 7) is 0.579. The Hall–Kier alpha value is -1.83. The monoisotopic (exact) mass is 423 g/mol. The van der Waals surface area contributed by atoms with Crippen molar-refractivity contribution in [2.75, 3.05) is 5.32 Å². The second kappa shape index (κ2) is 8.04. The number of alkyl halides is 3. The van der Waals surface area contributed by atoms with Crippen molar-refractivity contribution >= 4 is 34.8 Å². The van der Waals surface area contributed by atoms with Gasteiger partial charge in [-0.2, -0.15) is 13.2 Å². The van der Waals surface area contributed by atoms with E-state index in [-0.39, 0.29) is 22.2 Å². The molecule has 2 aromatic rings. The number of nitrogens with one attached hydrogen (secondary N) is 1. The summed E-state index contributed by atoms with van der Waals surface area (Å²) in [5.74, 6) is -0.866. The van der Waals surface area contributed by atoms with Crippen LogP contribution in [0.15, 0.2) is 36.4 Å². The van der Waals surface area contributed by atoms with Crippen molar-refractivity contribution in [3.05, 3.63) is 63.4 Å². The Kier molecular flexibility index (Phi) is 6.39. The summed E-state index contributed by atoms with van der Waals surface area (Å²) < 4.78 is 51.7. The first-order chi connectivity index (χ1) is 12.4. The molecule has 0 heterocycles. The minimum Gasteiger partial charge on any atom is -0.376 e. The van der Waals surface area contributed by atoms with E-state index >= 15 is 0 Å². The molecule has 0 fully saturated rings. The molecule has 1 unspecified atom stereocenters. The maximum absolute atomic E-state index is 13.0. The smallest absolute Gasteiger partial charge is 0.376 e. The number of carbonyl (C=O) groups is 1. The van der Waals surface area contributed by atoms with Crippen LogP contribution in [0.3, 0.4) is 0 Å². The van der Waals surface area contributed by atoms with Gasteiger partial charge in [-0.25, -0.2) is 4.39 Å². The summed E-state index contributed by atoms with van der Waals surface area (Å²) in [6, 6.07) is 7.42. The maximum atomic E-state index is 13.0. The number of rotatable bonds is 5. The number of hydrogen-bond acceptors (Lipinski definition) is 2. The SMILES string of the molecule is CC(O)(c1cc(Cl)c(NC(=O)CCc2ccc(F)cc2)c(Cl)c1)C(F)(F)F. The van der Waals surface area contributed by atoms with Gasteiger partial charge in [-0.15, -0.1) is 0 Å². The molecule has 0 aliphatic carbocycles. The molecule has 27 heavy (non-hydrogen) atoms. The molecule has 0 bridgehead atoms. The van der Waals surface area contributed by atoms with E-state index in [9.17, 15) is 27.5 Å². The molecule has 2 N–H and O–H groups in total. The van der Waals surface area contributed by atoms with E-state index in [4.69, 9.17) is 23.2 Å². The van der Waals surface area contributed by atoms with Gasteiger partial charge < -0.3 is 10.4 Å². The van der Waals surface area contributed by atoms with Crippen LogP contribution in [-0.4, -0.2) is 17.2 Å². The molecular formula is C18H15Cl2F4NO2. The van der Waals surface area contributed by atoms with Crippen LogP contribution in [0.25, 0.3) is 0 Å². The Balaban J connectivity index is 2.12. The van der Waals surface area contributed by atoms with Crippen molar-refractivity contribution in [3.8, 4) is 0 Å². The van der Waals surface area contributed by atoms with E-state index in [1.54, 1.807) is 0 Å². The van der Waals surface area contributed by atoms with E-state index < -0.39 is 29.1 Å². The van der Waals surface area contributed by atoms with Gasteiger partial charge in [0.2, 0.25) is 5.91 Å². The summed E-state index contributed by atoms with van der Waals surface area (Å²) in [4.78, 5) is 12.1.